The lowest BCUT2D eigenvalue weighted by atomic mass is 10.1. The highest BCUT2D eigenvalue weighted by atomic mass is 32.1. The topological polar surface area (TPSA) is 71.1 Å². The predicted octanol–water partition coefficient (Wildman–Crippen LogP) is 4.85. The number of thiazole rings is 1. The monoisotopic (exact) mass is 401 g/mol. The van der Waals surface area contributed by atoms with Crippen molar-refractivity contribution in [1.29, 1.82) is 0 Å². The van der Waals surface area contributed by atoms with E-state index in [1.54, 1.807) is 12.1 Å². The van der Waals surface area contributed by atoms with Crippen LogP contribution in [-0.4, -0.2) is 16.8 Å². The van der Waals surface area contributed by atoms with Crippen LogP contribution in [0.4, 0.5) is 5.13 Å². The summed E-state index contributed by atoms with van der Waals surface area (Å²) < 4.78 is 0. The van der Waals surface area contributed by atoms with Gasteiger partial charge in [-0.25, -0.2) is 4.98 Å². The molecular formula is C23H19N3O2S. The molecule has 0 aliphatic heterocycles. The van der Waals surface area contributed by atoms with E-state index in [2.05, 4.69) is 39.9 Å². The minimum Gasteiger partial charge on any atom is -0.352 e. The van der Waals surface area contributed by atoms with Gasteiger partial charge in [-0.2, -0.15) is 0 Å². The quantitative estimate of drug-likeness (QED) is 0.502. The molecule has 144 valence electrons. The molecule has 0 saturated heterocycles. The first-order valence-corrected chi connectivity index (χ1v) is 10.1. The molecule has 0 atom stereocenters. The number of benzene rings is 3. The van der Waals surface area contributed by atoms with Gasteiger partial charge in [-0.3, -0.25) is 14.9 Å². The van der Waals surface area contributed by atoms with E-state index < -0.39 is 0 Å². The first kappa shape index (κ1) is 18.8. The van der Waals surface area contributed by atoms with Gasteiger partial charge in [-0.1, -0.05) is 48.5 Å². The van der Waals surface area contributed by atoms with E-state index in [0.717, 1.165) is 22.2 Å². The third kappa shape index (κ3) is 4.50. The van der Waals surface area contributed by atoms with E-state index in [-0.39, 0.29) is 11.8 Å². The average Bonchev–Trinajstić information content (AvgIpc) is 3.20. The fraction of sp³-hybridized carbons (Fsp3) is 0.0870. The number of carbonyl (C=O) groups excluding carboxylic acids is 2. The molecule has 2 N–H and O–H groups in total. The van der Waals surface area contributed by atoms with Crippen molar-refractivity contribution in [3.63, 3.8) is 0 Å². The van der Waals surface area contributed by atoms with Gasteiger partial charge in [0.25, 0.3) is 5.91 Å². The van der Waals surface area contributed by atoms with E-state index in [9.17, 15) is 9.59 Å². The standard InChI is InChI=1S/C23H19N3O2S/c1-15(27)24-13-16-6-8-18(9-7-16)22(28)26-23-25-21(14-29-23)20-11-10-17-4-2-3-5-19(17)12-20/h2-12,14H,13H2,1H3,(H,24,27)(H,25,26,28). The molecule has 0 fully saturated rings. The van der Waals surface area contributed by atoms with Gasteiger partial charge in [0.05, 0.1) is 5.69 Å². The molecule has 0 aliphatic rings. The summed E-state index contributed by atoms with van der Waals surface area (Å²) in [5.74, 6) is -0.298. The molecule has 5 nitrogen and oxygen atoms in total. The number of rotatable bonds is 5. The predicted molar refractivity (Wildman–Crippen MR) is 117 cm³/mol. The Labute approximate surface area is 172 Å². The number of aromatic nitrogens is 1. The van der Waals surface area contributed by atoms with Crippen molar-refractivity contribution >= 4 is 39.1 Å². The molecule has 0 aliphatic carbocycles. The van der Waals surface area contributed by atoms with Crippen LogP contribution in [0.1, 0.15) is 22.8 Å². The molecule has 0 saturated carbocycles. The third-order valence-electron chi connectivity index (χ3n) is 4.53. The van der Waals surface area contributed by atoms with Crippen molar-refractivity contribution in [3.8, 4) is 11.3 Å². The van der Waals surface area contributed by atoms with Crippen molar-refractivity contribution in [2.45, 2.75) is 13.5 Å². The smallest absolute Gasteiger partial charge is 0.257 e. The molecule has 0 radical (unpaired) electrons. The van der Waals surface area contributed by atoms with Crippen LogP contribution in [0.5, 0.6) is 0 Å². The van der Waals surface area contributed by atoms with Crippen molar-refractivity contribution in [1.82, 2.24) is 10.3 Å². The van der Waals surface area contributed by atoms with Crippen LogP contribution in [-0.2, 0) is 11.3 Å². The first-order valence-electron chi connectivity index (χ1n) is 9.18. The Morgan fingerprint density at radius 2 is 1.72 bits per heavy atom. The van der Waals surface area contributed by atoms with Crippen molar-refractivity contribution in [2.24, 2.45) is 0 Å². The lowest BCUT2D eigenvalue weighted by Gasteiger charge is -2.05. The second-order valence-corrected chi connectivity index (χ2v) is 7.52. The zero-order chi connectivity index (χ0) is 20.2. The van der Waals surface area contributed by atoms with E-state index in [4.69, 9.17) is 0 Å². The Morgan fingerprint density at radius 3 is 2.48 bits per heavy atom. The molecule has 0 bridgehead atoms. The number of anilines is 1. The molecule has 0 spiro atoms. The van der Waals surface area contributed by atoms with Crippen LogP contribution in [0.15, 0.2) is 72.1 Å². The second kappa shape index (κ2) is 8.24. The number of nitrogens with zero attached hydrogens (tertiary/aromatic N) is 1. The van der Waals surface area contributed by atoms with Gasteiger partial charge in [0.15, 0.2) is 5.13 Å². The molecule has 6 heteroatoms. The highest BCUT2D eigenvalue weighted by Crippen LogP contribution is 2.28. The highest BCUT2D eigenvalue weighted by Gasteiger charge is 2.10. The van der Waals surface area contributed by atoms with Crippen LogP contribution in [0, 0.1) is 0 Å². The maximum Gasteiger partial charge on any atom is 0.257 e. The molecule has 0 unspecified atom stereocenters. The van der Waals surface area contributed by atoms with Gasteiger partial charge in [0, 0.05) is 30.0 Å². The minimum atomic E-state index is -0.213. The van der Waals surface area contributed by atoms with Crippen LogP contribution in [0.3, 0.4) is 0 Å². The molecule has 1 heterocycles. The largest absolute Gasteiger partial charge is 0.352 e. The average molecular weight is 401 g/mol. The lowest BCUT2D eigenvalue weighted by Crippen LogP contribution is -2.19. The van der Waals surface area contributed by atoms with Gasteiger partial charge in [0.2, 0.25) is 5.91 Å². The van der Waals surface area contributed by atoms with Gasteiger partial charge in [-0.05, 0) is 34.5 Å². The lowest BCUT2D eigenvalue weighted by molar-refractivity contribution is -0.119. The Morgan fingerprint density at radius 1 is 0.966 bits per heavy atom. The van der Waals surface area contributed by atoms with Crippen LogP contribution >= 0.6 is 11.3 Å². The van der Waals surface area contributed by atoms with Crippen molar-refractivity contribution in [3.05, 3.63) is 83.2 Å². The molecule has 2 amide bonds. The molecule has 1 aromatic heterocycles. The maximum atomic E-state index is 12.5. The number of carbonyl (C=O) groups is 2. The van der Waals surface area contributed by atoms with E-state index >= 15 is 0 Å². The summed E-state index contributed by atoms with van der Waals surface area (Å²) in [4.78, 5) is 28.0. The number of amides is 2. The van der Waals surface area contributed by atoms with Crippen molar-refractivity contribution in [2.75, 3.05) is 5.32 Å². The molecule has 4 rings (SSSR count). The summed E-state index contributed by atoms with van der Waals surface area (Å²) >= 11 is 1.40. The first-order chi connectivity index (χ1) is 14.1. The highest BCUT2D eigenvalue weighted by molar-refractivity contribution is 7.14. The molecule has 3 aromatic carbocycles. The Hall–Kier alpha value is -3.51. The fourth-order valence-corrected chi connectivity index (χ4v) is 3.70. The summed E-state index contributed by atoms with van der Waals surface area (Å²) in [6, 6.07) is 21.5. The molecule has 4 aromatic rings. The number of nitrogens with one attached hydrogen (secondary N) is 2. The van der Waals surface area contributed by atoms with E-state index in [0.29, 0.717) is 17.2 Å². The van der Waals surface area contributed by atoms with Crippen LogP contribution in [0.25, 0.3) is 22.0 Å². The summed E-state index contributed by atoms with van der Waals surface area (Å²) in [7, 11) is 0. The second-order valence-electron chi connectivity index (χ2n) is 6.66. The Kier molecular flexibility index (Phi) is 5.35. The van der Waals surface area contributed by atoms with E-state index in [1.165, 1.54) is 23.6 Å². The minimum absolute atomic E-state index is 0.0854. The summed E-state index contributed by atoms with van der Waals surface area (Å²) in [5.41, 5.74) is 3.33. The zero-order valence-corrected chi connectivity index (χ0v) is 16.6. The Balaban J connectivity index is 1.45. The number of hydrogen-bond acceptors (Lipinski definition) is 4. The maximum absolute atomic E-state index is 12.5. The summed E-state index contributed by atoms with van der Waals surface area (Å²) in [6.07, 6.45) is 0. The van der Waals surface area contributed by atoms with Gasteiger partial charge in [0.1, 0.15) is 0 Å². The normalized spacial score (nSPS) is 10.7. The van der Waals surface area contributed by atoms with E-state index in [1.807, 2.05) is 35.7 Å². The van der Waals surface area contributed by atoms with Crippen molar-refractivity contribution < 1.29 is 9.59 Å². The molecular weight excluding hydrogens is 382 g/mol. The number of fused-ring (bicyclic) bond motifs is 1. The van der Waals surface area contributed by atoms with Gasteiger partial charge >= 0.3 is 0 Å². The van der Waals surface area contributed by atoms with Gasteiger partial charge in [-0.15, -0.1) is 11.3 Å². The fourth-order valence-electron chi connectivity index (χ4n) is 2.98. The zero-order valence-electron chi connectivity index (χ0n) is 15.8. The Bertz CT molecular complexity index is 1180. The third-order valence-corrected chi connectivity index (χ3v) is 5.29. The van der Waals surface area contributed by atoms with Crippen LogP contribution in [0.2, 0.25) is 0 Å². The summed E-state index contributed by atoms with van der Waals surface area (Å²) in [6.45, 7) is 1.92. The van der Waals surface area contributed by atoms with Crippen LogP contribution < -0.4 is 10.6 Å². The SMILES string of the molecule is CC(=O)NCc1ccc(C(=O)Nc2nc(-c3ccc4ccccc4c3)cs2)cc1. The molecule has 29 heavy (non-hydrogen) atoms. The van der Waals surface area contributed by atoms with Gasteiger partial charge < -0.3 is 5.32 Å². The summed E-state index contributed by atoms with van der Waals surface area (Å²) in [5, 5.41) is 10.4. The number of hydrogen-bond donors (Lipinski definition) is 2.